The maximum Gasteiger partial charge on any atom is 0.222 e. The van der Waals surface area contributed by atoms with Gasteiger partial charge in [-0.3, -0.25) is 9.69 Å². The third-order valence-corrected chi connectivity index (χ3v) is 4.75. The van der Waals surface area contributed by atoms with E-state index < -0.39 is 0 Å². The quantitative estimate of drug-likeness (QED) is 0.848. The van der Waals surface area contributed by atoms with Gasteiger partial charge < -0.3 is 5.32 Å². The number of piperidine rings is 1. The van der Waals surface area contributed by atoms with Crippen molar-refractivity contribution in [3.63, 3.8) is 0 Å². The molecule has 0 bridgehead atoms. The number of carbonyl (C=O) groups is 1. The molecule has 0 radical (unpaired) electrons. The number of hydrogen-bond acceptors (Lipinski definition) is 2. The first-order valence-corrected chi connectivity index (χ1v) is 8.22. The van der Waals surface area contributed by atoms with E-state index in [9.17, 15) is 4.79 Å². The van der Waals surface area contributed by atoms with Crippen LogP contribution in [-0.2, 0) is 4.79 Å². The molecule has 2 aliphatic rings. The fourth-order valence-corrected chi connectivity index (χ4v) is 3.56. The lowest BCUT2D eigenvalue weighted by atomic mass is 9.90. The second-order valence-corrected chi connectivity index (χ2v) is 6.58. The predicted molar refractivity (Wildman–Crippen MR) is 79.1 cm³/mol. The third-order valence-electron chi connectivity index (χ3n) is 4.75. The molecule has 3 heteroatoms. The highest BCUT2D eigenvalue weighted by Gasteiger charge is 2.29. The summed E-state index contributed by atoms with van der Waals surface area (Å²) in [6.07, 6.45) is 10.9. The smallest absolute Gasteiger partial charge is 0.222 e. The minimum absolute atomic E-state index is 0.103. The Kier molecular flexibility index (Phi) is 5.68. The Labute approximate surface area is 118 Å². The van der Waals surface area contributed by atoms with Gasteiger partial charge in [0.1, 0.15) is 0 Å². The molecule has 1 atom stereocenters. The molecule has 0 aromatic carbocycles. The number of nitrogens with zero attached hydrogens (tertiary/aromatic N) is 1. The lowest BCUT2D eigenvalue weighted by Gasteiger charge is -2.43. The first-order chi connectivity index (χ1) is 9.18. The van der Waals surface area contributed by atoms with Gasteiger partial charge in [-0.15, -0.1) is 0 Å². The van der Waals surface area contributed by atoms with Gasteiger partial charge in [0.2, 0.25) is 5.91 Å². The molecule has 1 N–H and O–H groups in total. The SMILES string of the molecule is CC(C)C(=O)NCC1CCCCN1C1CCCCC1. The van der Waals surface area contributed by atoms with E-state index in [0.29, 0.717) is 6.04 Å². The summed E-state index contributed by atoms with van der Waals surface area (Å²) < 4.78 is 0. The van der Waals surface area contributed by atoms with Gasteiger partial charge in [0, 0.05) is 24.5 Å². The molecule has 0 aromatic rings. The van der Waals surface area contributed by atoms with Crippen LogP contribution >= 0.6 is 0 Å². The van der Waals surface area contributed by atoms with Gasteiger partial charge in [0.15, 0.2) is 0 Å². The van der Waals surface area contributed by atoms with Crippen LogP contribution in [0.3, 0.4) is 0 Å². The molecule has 0 spiro atoms. The molecule has 2 fully saturated rings. The Morgan fingerprint density at radius 2 is 1.79 bits per heavy atom. The maximum atomic E-state index is 11.7. The zero-order valence-electron chi connectivity index (χ0n) is 12.7. The topological polar surface area (TPSA) is 32.3 Å². The van der Waals surface area contributed by atoms with Gasteiger partial charge in [-0.25, -0.2) is 0 Å². The van der Waals surface area contributed by atoms with Crippen LogP contribution in [-0.4, -0.2) is 36.0 Å². The molecule has 1 amide bonds. The highest BCUT2D eigenvalue weighted by molar-refractivity contribution is 5.77. The average molecular weight is 266 g/mol. The van der Waals surface area contributed by atoms with Gasteiger partial charge in [0.25, 0.3) is 0 Å². The summed E-state index contributed by atoms with van der Waals surface area (Å²) in [5, 5.41) is 3.14. The van der Waals surface area contributed by atoms with E-state index >= 15 is 0 Å². The number of rotatable bonds is 4. The monoisotopic (exact) mass is 266 g/mol. The van der Waals surface area contributed by atoms with Crippen LogP contribution in [0, 0.1) is 5.92 Å². The second kappa shape index (κ2) is 7.28. The van der Waals surface area contributed by atoms with Crippen molar-refractivity contribution in [2.75, 3.05) is 13.1 Å². The molecule has 1 aliphatic heterocycles. The molecular weight excluding hydrogens is 236 g/mol. The highest BCUT2D eigenvalue weighted by Crippen LogP contribution is 2.28. The molecule has 0 aromatic heterocycles. The summed E-state index contributed by atoms with van der Waals surface area (Å²) in [4.78, 5) is 14.5. The molecular formula is C16H30N2O. The van der Waals surface area contributed by atoms with Gasteiger partial charge in [-0.05, 0) is 32.2 Å². The third kappa shape index (κ3) is 4.20. The maximum absolute atomic E-state index is 11.7. The normalized spacial score (nSPS) is 26.6. The van der Waals surface area contributed by atoms with E-state index in [-0.39, 0.29) is 11.8 Å². The Balaban J connectivity index is 1.86. The highest BCUT2D eigenvalue weighted by atomic mass is 16.1. The van der Waals surface area contributed by atoms with Crippen LogP contribution in [0.25, 0.3) is 0 Å². The van der Waals surface area contributed by atoms with Crippen LogP contribution < -0.4 is 5.32 Å². The van der Waals surface area contributed by atoms with Crippen LogP contribution in [0.2, 0.25) is 0 Å². The van der Waals surface area contributed by atoms with Crippen molar-refractivity contribution in [1.82, 2.24) is 10.2 Å². The summed E-state index contributed by atoms with van der Waals surface area (Å²) >= 11 is 0. The summed E-state index contributed by atoms with van der Waals surface area (Å²) in [5.41, 5.74) is 0. The minimum atomic E-state index is 0.103. The minimum Gasteiger partial charge on any atom is -0.354 e. The number of carbonyl (C=O) groups excluding carboxylic acids is 1. The Hall–Kier alpha value is -0.570. The van der Waals surface area contributed by atoms with Crippen molar-refractivity contribution in [1.29, 1.82) is 0 Å². The van der Waals surface area contributed by atoms with E-state index in [0.717, 1.165) is 12.6 Å². The average Bonchev–Trinajstić information content (AvgIpc) is 2.46. The summed E-state index contributed by atoms with van der Waals surface area (Å²) in [6, 6.07) is 1.37. The van der Waals surface area contributed by atoms with Gasteiger partial charge >= 0.3 is 0 Å². The number of amides is 1. The lowest BCUT2D eigenvalue weighted by molar-refractivity contribution is -0.124. The van der Waals surface area contributed by atoms with Crippen LogP contribution in [0.4, 0.5) is 0 Å². The van der Waals surface area contributed by atoms with Crippen molar-refractivity contribution >= 4 is 5.91 Å². The zero-order valence-corrected chi connectivity index (χ0v) is 12.7. The van der Waals surface area contributed by atoms with Crippen LogP contribution in [0.1, 0.15) is 65.2 Å². The summed E-state index contributed by atoms with van der Waals surface area (Å²) in [5.74, 6) is 0.306. The number of nitrogens with one attached hydrogen (secondary N) is 1. The van der Waals surface area contributed by atoms with Crippen molar-refractivity contribution in [2.24, 2.45) is 5.92 Å². The van der Waals surface area contributed by atoms with Crippen molar-refractivity contribution in [2.45, 2.75) is 77.3 Å². The fraction of sp³-hybridized carbons (Fsp3) is 0.938. The molecule has 3 nitrogen and oxygen atoms in total. The van der Waals surface area contributed by atoms with Gasteiger partial charge in [0.05, 0.1) is 0 Å². The standard InChI is InChI=1S/C16H30N2O/c1-13(2)16(19)17-12-15-10-6-7-11-18(15)14-8-4-3-5-9-14/h13-15H,3-12H2,1-2H3,(H,17,19). The first kappa shape index (κ1) is 14.8. The van der Waals surface area contributed by atoms with Crippen LogP contribution in [0.15, 0.2) is 0 Å². The molecule has 2 rings (SSSR count). The molecule has 1 saturated heterocycles. The molecule has 1 aliphatic carbocycles. The van der Waals surface area contributed by atoms with E-state index in [1.807, 2.05) is 13.8 Å². The lowest BCUT2D eigenvalue weighted by Crippen LogP contribution is -2.52. The van der Waals surface area contributed by atoms with Crippen molar-refractivity contribution < 1.29 is 4.79 Å². The van der Waals surface area contributed by atoms with Gasteiger partial charge in [-0.1, -0.05) is 39.5 Å². The molecule has 110 valence electrons. The fourth-order valence-electron chi connectivity index (χ4n) is 3.56. The van der Waals surface area contributed by atoms with Gasteiger partial charge in [-0.2, -0.15) is 0 Å². The largest absolute Gasteiger partial charge is 0.354 e. The summed E-state index contributed by atoms with van der Waals surface area (Å²) in [7, 11) is 0. The van der Waals surface area contributed by atoms with E-state index in [2.05, 4.69) is 10.2 Å². The van der Waals surface area contributed by atoms with Crippen molar-refractivity contribution in [3.05, 3.63) is 0 Å². The number of hydrogen-bond donors (Lipinski definition) is 1. The summed E-state index contributed by atoms with van der Waals surface area (Å²) in [6.45, 7) is 6.03. The molecule has 19 heavy (non-hydrogen) atoms. The Bertz CT molecular complexity index is 284. The molecule has 1 saturated carbocycles. The second-order valence-electron chi connectivity index (χ2n) is 6.58. The molecule has 1 heterocycles. The van der Waals surface area contributed by atoms with E-state index in [1.54, 1.807) is 0 Å². The Morgan fingerprint density at radius 3 is 2.47 bits per heavy atom. The Morgan fingerprint density at radius 1 is 1.11 bits per heavy atom. The predicted octanol–water partition coefficient (Wildman–Crippen LogP) is 2.95. The van der Waals surface area contributed by atoms with Crippen molar-refractivity contribution in [3.8, 4) is 0 Å². The van der Waals surface area contributed by atoms with Crippen LogP contribution in [0.5, 0.6) is 0 Å². The zero-order chi connectivity index (χ0) is 13.7. The van der Waals surface area contributed by atoms with E-state index in [4.69, 9.17) is 0 Å². The first-order valence-electron chi connectivity index (χ1n) is 8.22. The number of likely N-dealkylation sites (tertiary alicyclic amines) is 1. The molecule has 1 unspecified atom stereocenters. The van der Waals surface area contributed by atoms with E-state index in [1.165, 1.54) is 57.9 Å².